The third kappa shape index (κ3) is 5.24. The minimum atomic E-state index is -0.471. The molecule has 0 unspecified atom stereocenters. The van der Waals surface area contributed by atoms with Gasteiger partial charge in [-0.2, -0.15) is 0 Å². The van der Waals surface area contributed by atoms with E-state index in [0.717, 1.165) is 5.56 Å². The van der Waals surface area contributed by atoms with Crippen LogP contribution in [0, 0.1) is 0 Å². The summed E-state index contributed by atoms with van der Waals surface area (Å²) < 4.78 is 4.64. The summed E-state index contributed by atoms with van der Waals surface area (Å²) in [5.74, 6) is -0.292. The first-order valence-electron chi connectivity index (χ1n) is 7.26. The number of nitrogens with zero attached hydrogens (tertiary/aromatic N) is 1. The van der Waals surface area contributed by atoms with E-state index in [1.165, 1.54) is 18.1 Å². The topological polar surface area (TPSA) is 58.6 Å². The second-order valence-corrected chi connectivity index (χ2v) is 5.89. The second-order valence-electron chi connectivity index (χ2n) is 5.07. The Hall–Kier alpha value is -2.50. The summed E-state index contributed by atoms with van der Waals surface area (Å²) in [5, 5.41) is 3.61. The van der Waals surface area contributed by atoms with Gasteiger partial charge in [0.25, 0.3) is 0 Å². The fourth-order valence-electron chi connectivity index (χ4n) is 1.98. The number of carbonyl (C=O) groups is 2. The Balaban J connectivity index is 1.99. The number of hydrogen-bond donors (Lipinski definition) is 1. The van der Waals surface area contributed by atoms with E-state index >= 15 is 0 Å². The van der Waals surface area contributed by atoms with Crippen molar-refractivity contribution in [3.05, 3.63) is 64.1 Å². The molecule has 25 heavy (non-hydrogen) atoms. The lowest BCUT2D eigenvalue weighted by atomic mass is 10.2. The number of rotatable bonds is 4. The van der Waals surface area contributed by atoms with Crippen LogP contribution in [0.25, 0.3) is 6.08 Å². The number of benzene rings is 2. The molecule has 0 aliphatic heterocycles. The van der Waals surface area contributed by atoms with Crippen LogP contribution in [0.5, 0.6) is 0 Å². The Morgan fingerprint density at radius 3 is 2.36 bits per heavy atom. The van der Waals surface area contributed by atoms with Crippen LogP contribution in [-0.2, 0) is 9.53 Å². The molecule has 5 nitrogen and oxygen atoms in total. The number of carbonyl (C=O) groups excluding carboxylic acids is 2. The molecule has 2 amide bonds. The third-order valence-electron chi connectivity index (χ3n) is 3.34. The van der Waals surface area contributed by atoms with Gasteiger partial charge in [-0.25, -0.2) is 4.79 Å². The highest BCUT2D eigenvalue weighted by Crippen LogP contribution is 2.23. The Labute approximate surface area is 155 Å². The fourth-order valence-corrected chi connectivity index (χ4v) is 2.29. The van der Waals surface area contributed by atoms with Crippen molar-refractivity contribution >= 4 is 52.7 Å². The number of ether oxygens (including phenoxy) is 1. The number of nitrogens with one attached hydrogen (secondary N) is 1. The standard InChI is InChI=1S/C18H16Cl2N2O3/c1-22(18(24)25-2)14-7-5-13(6-8-14)21-17(23)10-4-12-3-9-15(19)16(20)11-12/h3-11H,1-2H3,(H,21,23). The van der Waals surface area contributed by atoms with Crippen molar-refractivity contribution in [2.75, 3.05) is 24.4 Å². The predicted molar refractivity (Wildman–Crippen MR) is 101 cm³/mol. The first-order chi connectivity index (χ1) is 11.9. The maximum Gasteiger partial charge on any atom is 0.413 e. The lowest BCUT2D eigenvalue weighted by molar-refractivity contribution is -0.111. The van der Waals surface area contributed by atoms with Gasteiger partial charge in [-0.05, 0) is 48.0 Å². The SMILES string of the molecule is COC(=O)N(C)c1ccc(NC(=O)C=Cc2ccc(Cl)c(Cl)c2)cc1. The average Bonchev–Trinajstić information content (AvgIpc) is 2.62. The summed E-state index contributed by atoms with van der Waals surface area (Å²) in [6.07, 6.45) is 2.56. The minimum Gasteiger partial charge on any atom is -0.452 e. The molecule has 0 heterocycles. The van der Waals surface area contributed by atoms with Crippen LogP contribution in [0.15, 0.2) is 48.5 Å². The summed E-state index contributed by atoms with van der Waals surface area (Å²) in [5.41, 5.74) is 2.02. The highest BCUT2D eigenvalue weighted by molar-refractivity contribution is 6.42. The predicted octanol–water partition coefficient (Wildman–Crippen LogP) is 4.85. The van der Waals surface area contributed by atoms with Crippen LogP contribution in [-0.4, -0.2) is 26.2 Å². The molecule has 1 N–H and O–H groups in total. The van der Waals surface area contributed by atoms with Gasteiger partial charge in [0.2, 0.25) is 5.91 Å². The first-order valence-corrected chi connectivity index (χ1v) is 8.02. The van der Waals surface area contributed by atoms with Crippen molar-refractivity contribution in [3.63, 3.8) is 0 Å². The number of halogens is 2. The molecule has 2 aromatic carbocycles. The van der Waals surface area contributed by atoms with Gasteiger partial charge < -0.3 is 10.1 Å². The Bertz CT molecular complexity index is 804. The molecule has 0 saturated heterocycles. The molecule has 0 aliphatic carbocycles. The van der Waals surface area contributed by atoms with Crippen molar-refractivity contribution in [1.82, 2.24) is 0 Å². The number of amides is 2. The molecule has 0 aromatic heterocycles. The molecule has 7 heteroatoms. The third-order valence-corrected chi connectivity index (χ3v) is 4.08. The second kappa shape index (κ2) is 8.55. The molecule has 0 atom stereocenters. The molecular formula is C18H16Cl2N2O3. The molecule has 0 aliphatic rings. The van der Waals surface area contributed by atoms with Crippen LogP contribution < -0.4 is 10.2 Å². The Morgan fingerprint density at radius 1 is 1.08 bits per heavy atom. The molecule has 2 rings (SSSR count). The minimum absolute atomic E-state index is 0.292. The van der Waals surface area contributed by atoms with Crippen LogP contribution >= 0.6 is 23.2 Å². The maximum absolute atomic E-state index is 12.0. The van der Waals surface area contributed by atoms with Gasteiger partial charge in [0, 0.05) is 24.5 Å². The molecule has 0 saturated carbocycles. The summed E-state index contributed by atoms with van der Waals surface area (Å²) in [4.78, 5) is 24.8. The zero-order valence-corrected chi connectivity index (χ0v) is 15.1. The van der Waals surface area contributed by atoms with Gasteiger partial charge in [0.1, 0.15) is 0 Å². The summed E-state index contributed by atoms with van der Waals surface area (Å²) in [6.45, 7) is 0. The largest absolute Gasteiger partial charge is 0.452 e. The van der Waals surface area contributed by atoms with Gasteiger partial charge in [0.15, 0.2) is 0 Å². The van der Waals surface area contributed by atoms with E-state index in [1.807, 2.05) is 0 Å². The van der Waals surface area contributed by atoms with Crippen LogP contribution in [0.3, 0.4) is 0 Å². The Morgan fingerprint density at radius 2 is 1.76 bits per heavy atom. The van der Waals surface area contributed by atoms with Crippen molar-refractivity contribution in [2.24, 2.45) is 0 Å². The van der Waals surface area contributed by atoms with Crippen molar-refractivity contribution in [3.8, 4) is 0 Å². The quantitative estimate of drug-likeness (QED) is 0.773. The van der Waals surface area contributed by atoms with Crippen LogP contribution in [0.4, 0.5) is 16.2 Å². The number of methoxy groups -OCH3 is 1. The van der Waals surface area contributed by atoms with Crippen LogP contribution in [0.2, 0.25) is 10.0 Å². The zero-order chi connectivity index (χ0) is 18.4. The van der Waals surface area contributed by atoms with E-state index in [4.69, 9.17) is 23.2 Å². The van der Waals surface area contributed by atoms with E-state index in [2.05, 4.69) is 10.1 Å². The van der Waals surface area contributed by atoms with E-state index in [1.54, 1.807) is 55.6 Å². The summed E-state index contributed by atoms with van der Waals surface area (Å²) >= 11 is 11.8. The van der Waals surface area contributed by atoms with E-state index in [0.29, 0.717) is 21.4 Å². The average molecular weight is 379 g/mol. The normalized spacial score (nSPS) is 10.6. The fraction of sp³-hybridized carbons (Fsp3) is 0.111. The van der Waals surface area contributed by atoms with E-state index in [-0.39, 0.29) is 5.91 Å². The molecular weight excluding hydrogens is 363 g/mol. The van der Waals surface area contributed by atoms with Crippen molar-refractivity contribution in [2.45, 2.75) is 0 Å². The number of hydrogen-bond acceptors (Lipinski definition) is 3. The van der Waals surface area contributed by atoms with E-state index in [9.17, 15) is 9.59 Å². The molecule has 2 aromatic rings. The monoisotopic (exact) mass is 378 g/mol. The Kier molecular flexibility index (Phi) is 6.44. The van der Waals surface area contributed by atoms with Gasteiger partial charge in [-0.1, -0.05) is 29.3 Å². The van der Waals surface area contributed by atoms with Crippen molar-refractivity contribution in [1.29, 1.82) is 0 Å². The van der Waals surface area contributed by atoms with Gasteiger partial charge in [-0.15, -0.1) is 0 Å². The zero-order valence-electron chi connectivity index (χ0n) is 13.6. The van der Waals surface area contributed by atoms with Gasteiger partial charge in [0.05, 0.1) is 17.2 Å². The lowest BCUT2D eigenvalue weighted by Gasteiger charge is -2.15. The van der Waals surface area contributed by atoms with Crippen molar-refractivity contribution < 1.29 is 14.3 Å². The smallest absolute Gasteiger partial charge is 0.413 e. The summed E-state index contributed by atoms with van der Waals surface area (Å²) in [6, 6.07) is 11.9. The number of anilines is 2. The molecule has 130 valence electrons. The van der Waals surface area contributed by atoms with Crippen LogP contribution in [0.1, 0.15) is 5.56 Å². The lowest BCUT2D eigenvalue weighted by Crippen LogP contribution is -2.25. The molecule has 0 spiro atoms. The highest BCUT2D eigenvalue weighted by Gasteiger charge is 2.10. The summed E-state index contributed by atoms with van der Waals surface area (Å²) in [7, 11) is 2.91. The molecule has 0 fully saturated rings. The maximum atomic E-state index is 12.0. The first kappa shape index (κ1) is 18.8. The molecule has 0 radical (unpaired) electrons. The van der Waals surface area contributed by atoms with Gasteiger partial charge >= 0.3 is 6.09 Å². The highest BCUT2D eigenvalue weighted by atomic mass is 35.5. The van der Waals surface area contributed by atoms with Gasteiger partial charge in [-0.3, -0.25) is 9.69 Å². The van der Waals surface area contributed by atoms with E-state index < -0.39 is 6.09 Å². The molecule has 0 bridgehead atoms.